The zero-order valence-corrected chi connectivity index (χ0v) is 12.8. The first kappa shape index (κ1) is 17.1. The van der Waals surface area contributed by atoms with E-state index in [9.17, 15) is 5.11 Å². The molecule has 0 radical (unpaired) electrons. The van der Waals surface area contributed by atoms with Gasteiger partial charge in [0.05, 0.1) is 25.9 Å². The maximum Gasteiger partial charge on any atom is 0.0897 e. The van der Waals surface area contributed by atoms with Crippen molar-refractivity contribution < 1.29 is 14.6 Å². The Morgan fingerprint density at radius 1 is 1.20 bits per heavy atom. The van der Waals surface area contributed by atoms with Crippen molar-refractivity contribution in [3.63, 3.8) is 0 Å². The van der Waals surface area contributed by atoms with E-state index in [1.54, 1.807) is 7.11 Å². The Morgan fingerprint density at radius 3 is 2.50 bits per heavy atom. The fourth-order valence-corrected chi connectivity index (χ4v) is 1.89. The zero-order valence-electron chi connectivity index (χ0n) is 12.8. The van der Waals surface area contributed by atoms with Gasteiger partial charge in [-0.2, -0.15) is 0 Å². The van der Waals surface area contributed by atoms with Crippen LogP contribution in [-0.2, 0) is 15.9 Å². The van der Waals surface area contributed by atoms with Crippen LogP contribution < -0.4 is 5.32 Å². The number of hydrogen-bond acceptors (Lipinski definition) is 4. The molecule has 20 heavy (non-hydrogen) atoms. The van der Waals surface area contributed by atoms with Crippen LogP contribution in [0.25, 0.3) is 0 Å². The number of aliphatic hydroxyl groups excluding tert-OH is 1. The van der Waals surface area contributed by atoms with Gasteiger partial charge in [-0.25, -0.2) is 0 Å². The number of benzene rings is 1. The maximum absolute atomic E-state index is 9.80. The largest absolute Gasteiger partial charge is 0.389 e. The quantitative estimate of drug-likeness (QED) is 0.643. The highest BCUT2D eigenvalue weighted by Crippen LogP contribution is 2.13. The second-order valence-corrected chi connectivity index (χ2v) is 4.95. The van der Waals surface area contributed by atoms with Gasteiger partial charge in [-0.05, 0) is 24.5 Å². The average Bonchev–Trinajstić information content (AvgIpc) is 2.49. The van der Waals surface area contributed by atoms with Gasteiger partial charge in [-0.15, -0.1) is 0 Å². The van der Waals surface area contributed by atoms with E-state index in [4.69, 9.17) is 9.47 Å². The number of nitrogens with one attached hydrogen (secondary N) is 1. The van der Waals surface area contributed by atoms with Gasteiger partial charge in [-0.1, -0.05) is 31.2 Å². The van der Waals surface area contributed by atoms with Crippen molar-refractivity contribution in [1.29, 1.82) is 0 Å². The summed E-state index contributed by atoms with van der Waals surface area (Å²) in [7, 11) is 1.63. The molecule has 2 unspecified atom stereocenters. The van der Waals surface area contributed by atoms with Crippen LogP contribution in [0.15, 0.2) is 24.3 Å². The van der Waals surface area contributed by atoms with E-state index in [1.165, 1.54) is 11.1 Å². The molecule has 0 aliphatic carbocycles. The minimum absolute atomic E-state index is 0.217. The molecule has 4 nitrogen and oxygen atoms in total. The second kappa shape index (κ2) is 9.88. The lowest BCUT2D eigenvalue weighted by atomic mass is 10.0. The van der Waals surface area contributed by atoms with E-state index in [0.717, 1.165) is 6.42 Å². The first-order valence-corrected chi connectivity index (χ1v) is 7.24. The molecule has 114 valence electrons. The molecule has 2 N–H and O–H groups in total. The van der Waals surface area contributed by atoms with E-state index >= 15 is 0 Å². The van der Waals surface area contributed by atoms with Gasteiger partial charge < -0.3 is 19.9 Å². The van der Waals surface area contributed by atoms with Crippen LogP contribution in [0.2, 0.25) is 0 Å². The van der Waals surface area contributed by atoms with Crippen molar-refractivity contribution >= 4 is 0 Å². The molecular formula is C16H27NO3. The lowest BCUT2D eigenvalue weighted by Gasteiger charge is -2.18. The Labute approximate surface area is 122 Å². The highest BCUT2D eigenvalue weighted by molar-refractivity contribution is 5.24. The van der Waals surface area contributed by atoms with Gasteiger partial charge in [0.25, 0.3) is 0 Å². The predicted octanol–water partition coefficient (Wildman–Crippen LogP) is 1.92. The number of ether oxygens (including phenoxy) is 2. The first-order valence-electron chi connectivity index (χ1n) is 7.24. The van der Waals surface area contributed by atoms with Gasteiger partial charge in [0.2, 0.25) is 0 Å². The van der Waals surface area contributed by atoms with Crippen molar-refractivity contribution in [2.45, 2.75) is 32.4 Å². The fraction of sp³-hybridized carbons (Fsp3) is 0.625. The third-order valence-corrected chi connectivity index (χ3v) is 3.29. The van der Waals surface area contributed by atoms with Crippen LogP contribution in [0.3, 0.4) is 0 Å². The van der Waals surface area contributed by atoms with Gasteiger partial charge in [0.1, 0.15) is 0 Å². The van der Waals surface area contributed by atoms with Gasteiger partial charge in [0.15, 0.2) is 0 Å². The summed E-state index contributed by atoms with van der Waals surface area (Å²) in [6, 6.07) is 8.79. The fourth-order valence-electron chi connectivity index (χ4n) is 1.89. The van der Waals surface area contributed by atoms with E-state index in [0.29, 0.717) is 26.4 Å². The SMILES string of the molecule is CCc1ccc(C(C)NCC(O)COCCOC)cc1. The number of methoxy groups -OCH3 is 1. The number of rotatable bonds is 10. The normalized spacial score (nSPS) is 14.2. The summed E-state index contributed by atoms with van der Waals surface area (Å²) in [4.78, 5) is 0. The van der Waals surface area contributed by atoms with Crippen molar-refractivity contribution in [3.05, 3.63) is 35.4 Å². The summed E-state index contributed by atoms with van der Waals surface area (Å²) < 4.78 is 10.2. The molecule has 0 amide bonds. The highest BCUT2D eigenvalue weighted by Gasteiger charge is 2.09. The molecule has 0 aliphatic heterocycles. The molecule has 1 aromatic rings. The lowest BCUT2D eigenvalue weighted by molar-refractivity contribution is 0.0130. The molecular weight excluding hydrogens is 254 g/mol. The monoisotopic (exact) mass is 281 g/mol. The third kappa shape index (κ3) is 6.48. The van der Waals surface area contributed by atoms with Gasteiger partial charge in [-0.3, -0.25) is 0 Å². The van der Waals surface area contributed by atoms with Crippen molar-refractivity contribution in [3.8, 4) is 0 Å². The Bertz CT molecular complexity index is 353. The summed E-state index contributed by atoms with van der Waals surface area (Å²) in [5, 5.41) is 13.1. The van der Waals surface area contributed by atoms with Crippen LogP contribution in [0, 0.1) is 0 Å². The van der Waals surface area contributed by atoms with Crippen LogP contribution in [0.5, 0.6) is 0 Å². The van der Waals surface area contributed by atoms with Crippen LogP contribution in [0.4, 0.5) is 0 Å². The third-order valence-electron chi connectivity index (χ3n) is 3.29. The molecule has 0 fully saturated rings. The summed E-state index contributed by atoms with van der Waals surface area (Å²) in [6.45, 7) is 6.17. The van der Waals surface area contributed by atoms with Crippen molar-refractivity contribution in [1.82, 2.24) is 5.32 Å². The Morgan fingerprint density at radius 2 is 1.90 bits per heavy atom. The maximum atomic E-state index is 9.80. The molecule has 1 aromatic carbocycles. The van der Waals surface area contributed by atoms with Crippen LogP contribution in [0.1, 0.15) is 31.0 Å². The van der Waals surface area contributed by atoms with E-state index in [-0.39, 0.29) is 6.04 Å². The molecule has 0 saturated carbocycles. The average molecular weight is 281 g/mol. The van der Waals surface area contributed by atoms with Crippen molar-refractivity contribution in [2.75, 3.05) is 33.5 Å². The Balaban J connectivity index is 2.25. The van der Waals surface area contributed by atoms with E-state index in [2.05, 4.69) is 43.4 Å². The number of hydrogen-bond donors (Lipinski definition) is 2. The van der Waals surface area contributed by atoms with Crippen molar-refractivity contribution in [2.24, 2.45) is 0 Å². The molecule has 2 atom stereocenters. The summed E-state index contributed by atoms with van der Waals surface area (Å²) in [5.41, 5.74) is 2.57. The topological polar surface area (TPSA) is 50.7 Å². The standard InChI is InChI=1S/C16H27NO3/c1-4-14-5-7-15(8-6-14)13(2)17-11-16(18)12-20-10-9-19-3/h5-8,13,16-18H,4,9-12H2,1-3H3. The van der Waals surface area contributed by atoms with Gasteiger partial charge in [0, 0.05) is 19.7 Å². The molecule has 0 bridgehead atoms. The molecule has 4 heteroatoms. The first-order chi connectivity index (χ1) is 9.67. The molecule has 0 saturated heterocycles. The second-order valence-electron chi connectivity index (χ2n) is 4.95. The Kier molecular flexibility index (Phi) is 8.46. The van der Waals surface area contributed by atoms with Crippen LogP contribution in [-0.4, -0.2) is 44.7 Å². The minimum Gasteiger partial charge on any atom is -0.389 e. The predicted molar refractivity (Wildman–Crippen MR) is 80.9 cm³/mol. The molecule has 0 aromatic heterocycles. The van der Waals surface area contributed by atoms with E-state index in [1.807, 2.05) is 0 Å². The molecule has 0 spiro atoms. The number of aliphatic hydroxyl groups is 1. The lowest BCUT2D eigenvalue weighted by Crippen LogP contribution is -2.32. The highest BCUT2D eigenvalue weighted by atomic mass is 16.5. The number of aryl methyl sites for hydroxylation is 1. The van der Waals surface area contributed by atoms with Crippen LogP contribution >= 0.6 is 0 Å². The minimum atomic E-state index is -0.496. The molecule has 0 heterocycles. The summed E-state index contributed by atoms with van der Waals surface area (Å²) in [5.74, 6) is 0. The Hall–Kier alpha value is -0.940. The zero-order chi connectivity index (χ0) is 14.8. The summed E-state index contributed by atoms with van der Waals surface area (Å²) >= 11 is 0. The molecule has 1 rings (SSSR count). The molecule has 0 aliphatic rings. The van der Waals surface area contributed by atoms with Gasteiger partial charge >= 0.3 is 0 Å². The smallest absolute Gasteiger partial charge is 0.0897 e. The summed E-state index contributed by atoms with van der Waals surface area (Å²) in [6.07, 6.45) is 0.559. The van der Waals surface area contributed by atoms with E-state index < -0.39 is 6.10 Å².